The third kappa shape index (κ3) is 4.47. The van der Waals surface area contributed by atoms with Gasteiger partial charge < -0.3 is 10.2 Å². The van der Waals surface area contributed by atoms with Gasteiger partial charge in [0.2, 0.25) is 5.91 Å². The van der Waals surface area contributed by atoms with Crippen molar-refractivity contribution in [1.82, 2.24) is 5.32 Å². The summed E-state index contributed by atoms with van der Waals surface area (Å²) >= 11 is 0. The van der Waals surface area contributed by atoms with Crippen LogP contribution in [0.25, 0.3) is 0 Å². The van der Waals surface area contributed by atoms with E-state index >= 15 is 0 Å². The lowest BCUT2D eigenvalue weighted by atomic mass is 10.0. The van der Waals surface area contributed by atoms with E-state index in [0.29, 0.717) is 6.42 Å². The molecule has 0 aliphatic carbocycles. The molecule has 0 aromatic heterocycles. The number of ketones is 1. The Kier molecular flexibility index (Phi) is 5.49. The molecule has 25 heavy (non-hydrogen) atoms. The van der Waals surface area contributed by atoms with Crippen LogP contribution in [-0.2, 0) is 22.4 Å². The summed E-state index contributed by atoms with van der Waals surface area (Å²) in [6, 6.07) is 17.5. The Bertz CT molecular complexity index is 743. The molecular formula is C21H24N2O2. The summed E-state index contributed by atoms with van der Waals surface area (Å²) < 4.78 is 0. The summed E-state index contributed by atoms with van der Waals surface area (Å²) in [5.74, 6) is -0.121. The summed E-state index contributed by atoms with van der Waals surface area (Å²) in [7, 11) is 0. The Hall–Kier alpha value is -2.62. The Morgan fingerprint density at radius 1 is 1.08 bits per heavy atom. The summed E-state index contributed by atoms with van der Waals surface area (Å²) in [4.78, 5) is 26.6. The first-order chi connectivity index (χ1) is 12.1. The van der Waals surface area contributed by atoms with Gasteiger partial charge in [-0.2, -0.15) is 0 Å². The molecule has 0 spiro atoms. The Morgan fingerprint density at radius 3 is 2.56 bits per heavy atom. The van der Waals surface area contributed by atoms with Crippen LogP contribution < -0.4 is 10.2 Å². The fourth-order valence-corrected chi connectivity index (χ4v) is 3.34. The lowest BCUT2D eigenvalue weighted by molar-refractivity contribution is -0.126. The fraction of sp³-hybridized carbons (Fsp3) is 0.333. The average molecular weight is 336 g/mol. The number of nitrogens with one attached hydrogen (secondary N) is 1. The third-order valence-electron chi connectivity index (χ3n) is 4.65. The van der Waals surface area contributed by atoms with E-state index < -0.39 is 6.04 Å². The monoisotopic (exact) mass is 336 g/mol. The minimum atomic E-state index is -0.477. The van der Waals surface area contributed by atoms with Crippen molar-refractivity contribution in [2.24, 2.45) is 0 Å². The molecule has 0 unspecified atom stereocenters. The van der Waals surface area contributed by atoms with Gasteiger partial charge in [0.05, 0.1) is 12.6 Å². The number of carbonyl (C=O) groups is 2. The molecule has 3 rings (SSSR count). The third-order valence-corrected chi connectivity index (χ3v) is 4.65. The van der Waals surface area contributed by atoms with E-state index in [-0.39, 0.29) is 18.2 Å². The van der Waals surface area contributed by atoms with Crippen LogP contribution in [-0.4, -0.2) is 30.8 Å². The van der Waals surface area contributed by atoms with E-state index in [1.807, 2.05) is 42.5 Å². The van der Waals surface area contributed by atoms with Crippen molar-refractivity contribution in [3.05, 3.63) is 65.7 Å². The van der Waals surface area contributed by atoms with E-state index in [2.05, 4.69) is 22.3 Å². The molecule has 0 saturated heterocycles. The first-order valence-electron chi connectivity index (χ1n) is 8.80. The normalized spacial score (nSPS) is 14.5. The van der Waals surface area contributed by atoms with Crippen molar-refractivity contribution in [3.63, 3.8) is 0 Å². The predicted molar refractivity (Wildman–Crippen MR) is 99.7 cm³/mol. The van der Waals surface area contributed by atoms with E-state index in [1.54, 1.807) is 0 Å². The molecule has 0 saturated carbocycles. The molecule has 2 aromatic rings. The van der Waals surface area contributed by atoms with Crippen molar-refractivity contribution >= 4 is 17.4 Å². The Morgan fingerprint density at radius 2 is 1.80 bits per heavy atom. The number of nitrogens with zero attached hydrogens (tertiary/aromatic N) is 1. The summed E-state index contributed by atoms with van der Waals surface area (Å²) in [5, 5.41) is 2.91. The number of aryl methyl sites for hydroxylation is 1. The molecular weight excluding hydrogens is 312 g/mol. The number of amides is 1. The first kappa shape index (κ1) is 17.2. The number of para-hydroxylation sites is 1. The molecule has 0 bridgehead atoms. The van der Waals surface area contributed by atoms with Gasteiger partial charge in [0, 0.05) is 12.2 Å². The zero-order chi connectivity index (χ0) is 17.6. The number of fused-ring (bicyclic) bond motifs is 1. The maximum atomic E-state index is 12.5. The SMILES string of the molecule is CC(=O)[C@H](Cc1ccccc1)NC(=O)CN1CCCc2ccccc21. The Balaban J connectivity index is 1.64. The molecule has 0 fully saturated rings. The minimum Gasteiger partial charge on any atom is -0.362 e. The predicted octanol–water partition coefficient (Wildman–Crippen LogP) is 2.76. The van der Waals surface area contributed by atoms with Crippen LogP contribution >= 0.6 is 0 Å². The smallest absolute Gasteiger partial charge is 0.240 e. The number of anilines is 1. The van der Waals surface area contributed by atoms with Crippen LogP contribution in [0.5, 0.6) is 0 Å². The van der Waals surface area contributed by atoms with Crippen molar-refractivity contribution in [3.8, 4) is 0 Å². The first-order valence-corrected chi connectivity index (χ1v) is 8.80. The van der Waals surface area contributed by atoms with Crippen LogP contribution in [0, 0.1) is 0 Å². The number of carbonyl (C=O) groups excluding carboxylic acids is 2. The number of Topliss-reactive ketones (excluding diaryl/α,β-unsaturated/α-hetero) is 1. The molecule has 0 radical (unpaired) electrons. The molecule has 4 nitrogen and oxygen atoms in total. The zero-order valence-electron chi connectivity index (χ0n) is 14.6. The van der Waals surface area contributed by atoms with Crippen molar-refractivity contribution in [2.45, 2.75) is 32.2 Å². The maximum absolute atomic E-state index is 12.5. The summed E-state index contributed by atoms with van der Waals surface area (Å²) in [6.07, 6.45) is 2.63. The number of hydrogen-bond donors (Lipinski definition) is 1. The fourth-order valence-electron chi connectivity index (χ4n) is 3.34. The van der Waals surface area contributed by atoms with Gasteiger partial charge in [0.25, 0.3) is 0 Å². The molecule has 1 heterocycles. The second-order valence-corrected chi connectivity index (χ2v) is 6.57. The highest BCUT2D eigenvalue weighted by Gasteiger charge is 2.22. The van der Waals surface area contributed by atoms with Crippen molar-refractivity contribution in [1.29, 1.82) is 0 Å². The van der Waals surface area contributed by atoms with Gasteiger partial charge >= 0.3 is 0 Å². The van der Waals surface area contributed by atoms with Crippen molar-refractivity contribution in [2.75, 3.05) is 18.0 Å². The summed E-state index contributed by atoms with van der Waals surface area (Å²) in [6.45, 7) is 2.69. The van der Waals surface area contributed by atoms with Crippen LogP contribution in [0.2, 0.25) is 0 Å². The van der Waals surface area contributed by atoms with Crippen LogP contribution in [0.15, 0.2) is 54.6 Å². The largest absolute Gasteiger partial charge is 0.362 e. The number of benzene rings is 2. The van der Waals surface area contributed by atoms with Crippen LogP contribution in [0.3, 0.4) is 0 Å². The van der Waals surface area contributed by atoms with Gasteiger partial charge in [-0.3, -0.25) is 9.59 Å². The zero-order valence-corrected chi connectivity index (χ0v) is 14.6. The van der Waals surface area contributed by atoms with Crippen LogP contribution in [0.4, 0.5) is 5.69 Å². The van der Waals surface area contributed by atoms with Crippen LogP contribution in [0.1, 0.15) is 24.5 Å². The van der Waals surface area contributed by atoms with Crippen molar-refractivity contribution < 1.29 is 9.59 Å². The molecule has 1 amide bonds. The second-order valence-electron chi connectivity index (χ2n) is 6.57. The lowest BCUT2D eigenvalue weighted by Crippen LogP contribution is -2.47. The van der Waals surface area contributed by atoms with E-state index in [1.165, 1.54) is 12.5 Å². The quantitative estimate of drug-likeness (QED) is 0.882. The standard InChI is InChI=1S/C21H24N2O2/c1-16(24)19(14-17-8-3-2-4-9-17)22-21(25)15-23-13-7-11-18-10-5-6-12-20(18)23/h2-6,8-10,12,19H,7,11,13-15H2,1H3,(H,22,25)/t19-/m0/s1. The second kappa shape index (κ2) is 7.97. The number of rotatable bonds is 6. The van der Waals surface area contributed by atoms with E-state index in [0.717, 1.165) is 30.6 Å². The molecule has 130 valence electrons. The van der Waals surface area contributed by atoms with Gasteiger partial charge in [-0.25, -0.2) is 0 Å². The minimum absolute atomic E-state index is 0.0174. The van der Waals surface area contributed by atoms with Gasteiger partial charge in [-0.05, 0) is 43.4 Å². The van der Waals surface area contributed by atoms with E-state index in [4.69, 9.17) is 0 Å². The highest BCUT2D eigenvalue weighted by atomic mass is 16.2. The van der Waals surface area contributed by atoms with Gasteiger partial charge in [0.1, 0.15) is 0 Å². The topological polar surface area (TPSA) is 49.4 Å². The highest BCUT2D eigenvalue weighted by Crippen LogP contribution is 2.26. The Labute approximate surface area is 148 Å². The van der Waals surface area contributed by atoms with Gasteiger partial charge in [-0.15, -0.1) is 0 Å². The maximum Gasteiger partial charge on any atom is 0.240 e. The molecule has 1 N–H and O–H groups in total. The summed E-state index contributed by atoms with van der Waals surface area (Å²) in [5.41, 5.74) is 3.46. The molecule has 2 aromatic carbocycles. The highest BCUT2D eigenvalue weighted by molar-refractivity contribution is 5.89. The molecule has 4 heteroatoms. The van der Waals surface area contributed by atoms with Gasteiger partial charge in [-0.1, -0.05) is 48.5 Å². The lowest BCUT2D eigenvalue weighted by Gasteiger charge is -2.31. The molecule has 1 aliphatic heterocycles. The molecule has 1 atom stereocenters. The average Bonchev–Trinajstić information content (AvgIpc) is 2.62. The number of hydrogen-bond acceptors (Lipinski definition) is 3. The molecule has 1 aliphatic rings. The van der Waals surface area contributed by atoms with Gasteiger partial charge in [0.15, 0.2) is 5.78 Å². The van der Waals surface area contributed by atoms with E-state index in [9.17, 15) is 9.59 Å².